The highest BCUT2D eigenvalue weighted by Crippen LogP contribution is 2.11. The molecule has 3 atom stereocenters. The summed E-state index contributed by atoms with van der Waals surface area (Å²) in [6.45, 7) is 2.96. The molecule has 11 heteroatoms. The third kappa shape index (κ3) is 7.85. The zero-order chi connectivity index (χ0) is 22.8. The molecule has 0 heterocycles. The van der Waals surface area contributed by atoms with Crippen molar-refractivity contribution in [3.8, 4) is 0 Å². The number of nitrogens with one attached hydrogen (secondary N) is 2. The van der Waals surface area contributed by atoms with E-state index in [-0.39, 0.29) is 17.2 Å². The fourth-order valence-electron chi connectivity index (χ4n) is 2.28. The van der Waals surface area contributed by atoms with E-state index in [1.807, 2.05) is 0 Å². The van der Waals surface area contributed by atoms with Gasteiger partial charge in [0.25, 0.3) is 0 Å². The number of esters is 2. The van der Waals surface area contributed by atoms with Crippen molar-refractivity contribution in [2.45, 2.75) is 32.0 Å². The molecule has 0 aliphatic rings. The number of amides is 2. The Balaban J connectivity index is 2.83. The molecule has 1 rings (SSSR count). The number of ether oxygens (including phenoxy) is 2. The van der Waals surface area contributed by atoms with E-state index in [0.717, 1.165) is 7.11 Å². The van der Waals surface area contributed by atoms with Gasteiger partial charge in [0.05, 0.1) is 18.7 Å². The van der Waals surface area contributed by atoms with Gasteiger partial charge in [0.2, 0.25) is 11.8 Å². The van der Waals surface area contributed by atoms with Crippen LogP contribution in [0.5, 0.6) is 0 Å². The summed E-state index contributed by atoms with van der Waals surface area (Å²) >= 11 is 9.73. The van der Waals surface area contributed by atoms with Crippen LogP contribution in [0, 0.1) is 5.92 Å². The number of nitrogens with two attached hydrogens (primary N) is 1. The summed E-state index contributed by atoms with van der Waals surface area (Å²) in [6.07, 6.45) is 0. The maximum absolute atomic E-state index is 12.7. The van der Waals surface area contributed by atoms with Gasteiger partial charge in [-0.25, -0.2) is 9.59 Å². The van der Waals surface area contributed by atoms with Gasteiger partial charge in [-0.15, -0.1) is 0 Å². The topological polar surface area (TPSA) is 137 Å². The predicted molar refractivity (Wildman–Crippen MR) is 114 cm³/mol. The van der Waals surface area contributed by atoms with Gasteiger partial charge in [-0.3, -0.25) is 9.59 Å². The summed E-state index contributed by atoms with van der Waals surface area (Å²) in [7, 11) is 1.13. The third-order valence-electron chi connectivity index (χ3n) is 4.04. The number of carbonyl (C=O) groups excluding carboxylic acids is 4. The van der Waals surface area contributed by atoms with Gasteiger partial charge in [-0.05, 0) is 30.2 Å². The lowest BCUT2D eigenvalue weighted by Crippen LogP contribution is -2.57. The zero-order valence-corrected chi connectivity index (χ0v) is 18.5. The number of halogens is 1. The number of benzene rings is 1. The first kappa shape index (κ1) is 25.7. The Morgan fingerprint density at radius 3 is 2.20 bits per heavy atom. The van der Waals surface area contributed by atoms with E-state index >= 15 is 0 Å². The number of methoxy groups -OCH3 is 1. The molecule has 0 aliphatic heterocycles. The molecule has 0 spiro atoms. The van der Waals surface area contributed by atoms with E-state index in [0.29, 0.717) is 5.02 Å². The summed E-state index contributed by atoms with van der Waals surface area (Å²) in [5, 5.41) is 5.42. The Bertz CT molecular complexity index is 759. The molecule has 2 amide bonds. The predicted octanol–water partition coefficient (Wildman–Crippen LogP) is 0.553. The van der Waals surface area contributed by atoms with Crippen molar-refractivity contribution in [3.05, 3.63) is 34.9 Å². The first-order valence-electron chi connectivity index (χ1n) is 9.08. The molecule has 0 saturated carbocycles. The molecular weight excluding hydrogens is 434 g/mol. The minimum Gasteiger partial charge on any atom is -0.467 e. The van der Waals surface area contributed by atoms with Crippen LogP contribution in [0.15, 0.2) is 24.3 Å². The van der Waals surface area contributed by atoms with Crippen LogP contribution in [0.1, 0.15) is 24.2 Å². The second-order valence-electron chi connectivity index (χ2n) is 6.71. The van der Waals surface area contributed by atoms with Gasteiger partial charge in [0.1, 0.15) is 12.6 Å². The Hall–Kier alpha value is -2.30. The smallest absolute Gasteiger partial charge is 0.338 e. The number of hydrogen-bond acceptors (Lipinski definition) is 8. The van der Waals surface area contributed by atoms with Gasteiger partial charge < -0.3 is 25.8 Å². The molecular formula is C19H26ClN3O6S. The van der Waals surface area contributed by atoms with E-state index in [2.05, 4.69) is 28.0 Å². The van der Waals surface area contributed by atoms with Gasteiger partial charge in [-0.2, -0.15) is 12.6 Å². The lowest BCUT2D eigenvalue weighted by Gasteiger charge is -2.25. The fourth-order valence-corrected chi connectivity index (χ4v) is 2.57. The Morgan fingerprint density at radius 1 is 1.10 bits per heavy atom. The normalized spacial score (nSPS) is 13.7. The molecule has 9 nitrogen and oxygen atoms in total. The molecule has 0 bridgehead atoms. The first-order chi connectivity index (χ1) is 14.1. The van der Waals surface area contributed by atoms with E-state index in [1.54, 1.807) is 13.8 Å². The molecule has 4 N–H and O–H groups in total. The van der Waals surface area contributed by atoms with Crippen LogP contribution >= 0.6 is 24.2 Å². The van der Waals surface area contributed by atoms with E-state index in [9.17, 15) is 19.2 Å². The number of hydrogen-bond donors (Lipinski definition) is 4. The van der Waals surface area contributed by atoms with Crippen molar-refractivity contribution in [1.82, 2.24) is 10.6 Å². The molecule has 0 saturated heterocycles. The summed E-state index contributed by atoms with van der Waals surface area (Å²) in [5.74, 6) is -2.93. The zero-order valence-electron chi connectivity index (χ0n) is 16.9. The average molecular weight is 460 g/mol. The van der Waals surface area contributed by atoms with Gasteiger partial charge in [0, 0.05) is 10.8 Å². The lowest BCUT2D eigenvalue weighted by molar-refractivity contribution is -0.146. The van der Waals surface area contributed by atoms with Crippen LogP contribution in [-0.4, -0.2) is 61.3 Å². The standard InChI is InChI=1S/C19H26ClN3O6S/c1-10(2)15(23-16(24)13(21)9-30)17(25)22-14(19(27)28-3)8-29-18(26)11-4-6-12(20)7-5-11/h4-7,10,13-15,30H,8-9,21H2,1-3H3,(H,22,25)(H,23,24)/t13-,14-,15-/m0/s1. The molecule has 30 heavy (non-hydrogen) atoms. The first-order valence-corrected chi connectivity index (χ1v) is 10.1. The van der Waals surface area contributed by atoms with Crippen molar-refractivity contribution in [1.29, 1.82) is 0 Å². The summed E-state index contributed by atoms with van der Waals surface area (Å²) in [4.78, 5) is 48.9. The Labute approximate surface area is 185 Å². The molecule has 0 fully saturated rings. The summed E-state index contributed by atoms with van der Waals surface area (Å²) < 4.78 is 9.78. The van der Waals surface area contributed by atoms with E-state index in [1.165, 1.54) is 24.3 Å². The van der Waals surface area contributed by atoms with Crippen molar-refractivity contribution in [2.24, 2.45) is 11.7 Å². The second kappa shape index (κ2) is 12.4. The fraction of sp³-hybridized carbons (Fsp3) is 0.474. The number of thiol groups is 1. The maximum atomic E-state index is 12.7. The quantitative estimate of drug-likeness (QED) is 0.296. The highest BCUT2D eigenvalue weighted by molar-refractivity contribution is 7.80. The van der Waals surface area contributed by atoms with Gasteiger partial charge >= 0.3 is 11.9 Å². The second-order valence-corrected chi connectivity index (χ2v) is 7.51. The highest BCUT2D eigenvalue weighted by atomic mass is 35.5. The largest absolute Gasteiger partial charge is 0.467 e. The molecule has 0 aliphatic carbocycles. The average Bonchev–Trinajstić information content (AvgIpc) is 2.73. The van der Waals surface area contributed by atoms with Crippen LogP contribution in [0.3, 0.4) is 0 Å². The minimum atomic E-state index is -1.27. The van der Waals surface area contributed by atoms with Crippen LogP contribution in [-0.2, 0) is 23.9 Å². The molecule has 1 aromatic carbocycles. The van der Waals surface area contributed by atoms with E-state index < -0.39 is 48.5 Å². The maximum Gasteiger partial charge on any atom is 0.338 e. The van der Waals surface area contributed by atoms with Crippen LogP contribution in [0.2, 0.25) is 5.02 Å². The number of carbonyl (C=O) groups is 4. The molecule has 0 aromatic heterocycles. The van der Waals surface area contributed by atoms with Crippen LogP contribution in [0.4, 0.5) is 0 Å². The molecule has 0 radical (unpaired) electrons. The molecule has 1 aromatic rings. The number of rotatable bonds is 10. The summed E-state index contributed by atoms with van der Waals surface area (Å²) in [6, 6.07) is 2.83. The van der Waals surface area contributed by atoms with Gasteiger partial charge in [0.15, 0.2) is 6.04 Å². The van der Waals surface area contributed by atoms with Crippen molar-refractivity contribution in [3.63, 3.8) is 0 Å². The summed E-state index contributed by atoms with van der Waals surface area (Å²) in [5.41, 5.74) is 5.85. The van der Waals surface area contributed by atoms with E-state index in [4.69, 9.17) is 22.1 Å². The monoisotopic (exact) mass is 459 g/mol. The Kier molecular flexibility index (Phi) is 10.6. The minimum absolute atomic E-state index is 0.101. The third-order valence-corrected chi connectivity index (χ3v) is 4.69. The SMILES string of the molecule is COC(=O)[C@H](COC(=O)c1ccc(Cl)cc1)NC(=O)[C@@H](NC(=O)[C@@H](N)CS)C(C)C. The highest BCUT2D eigenvalue weighted by Gasteiger charge is 2.31. The van der Waals surface area contributed by atoms with Crippen molar-refractivity contribution >= 4 is 48.0 Å². The lowest BCUT2D eigenvalue weighted by atomic mass is 10.0. The van der Waals surface area contributed by atoms with Crippen molar-refractivity contribution < 1.29 is 28.7 Å². The van der Waals surface area contributed by atoms with Gasteiger partial charge in [-0.1, -0.05) is 25.4 Å². The Morgan fingerprint density at radius 2 is 1.70 bits per heavy atom. The van der Waals surface area contributed by atoms with Crippen LogP contribution in [0.25, 0.3) is 0 Å². The molecule has 0 unspecified atom stereocenters. The molecule has 166 valence electrons. The van der Waals surface area contributed by atoms with Crippen LogP contribution < -0.4 is 16.4 Å². The van der Waals surface area contributed by atoms with Crippen molar-refractivity contribution in [2.75, 3.05) is 19.5 Å².